The molecule has 0 aliphatic carbocycles. The smallest absolute Gasteiger partial charge is 0.251 e. The molecule has 0 heterocycles. The number of carbonyl (C=O) groups is 2. The first kappa shape index (κ1) is 18.7. The van der Waals surface area contributed by atoms with Gasteiger partial charge in [0.2, 0.25) is 0 Å². The molecule has 0 fully saturated rings. The normalized spacial score (nSPS) is 10.3. The summed E-state index contributed by atoms with van der Waals surface area (Å²) < 4.78 is 0. The van der Waals surface area contributed by atoms with Crippen LogP contribution in [0, 0.1) is 13.8 Å². The van der Waals surface area contributed by atoms with Gasteiger partial charge >= 0.3 is 0 Å². The van der Waals surface area contributed by atoms with E-state index in [0.29, 0.717) is 37.3 Å². The van der Waals surface area contributed by atoms with E-state index in [-0.39, 0.29) is 11.8 Å². The Morgan fingerprint density at radius 3 is 1.36 bits per heavy atom. The van der Waals surface area contributed by atoms with E-state index in [1.54, 1.807) is 0 Å². The van der Waals surface area contributed by atoms with E-state index in [4.69, 9.17) is 0 Å². The van der Waals surface area contributed by atoms with Crippen molar-refractivity contribution in [2.45, 2.75) is 13.8 Å². The monoisotopic (exact) mass is 339 g/mol. The molecule has 0 unspecified atom stereocenters. The number of amides is 2. The molecule has 5 heteroatoms. The van der Waals surface area contributed by atoms with Crippen LogP contribution < -0.4 is 16.0 Å². The maximum absolute atomic E-state index is 11.9. The van der Waals surface area contributed by atoms with Gasteiger partial charge in [0.1, 0.15) is 0 Å². The largest absolute Gasteiger partial charge is 0.351 e. The van der Waals surface area contributed by atoms with Crippen molar-refractivity contribution in [3.05, 3.63) is 70.8 Å². The van der Waals surface area contributed by atoms with Crippen molar-refractivity contribution in [3.8, 4) is 0 Å². The zero-order valence-corrected chi connectivity index (χ0v) is 14.8. The summed E-state index contributed by atoms with van der Waals surface area (Å²) in [4.78, 5) is 23.8. The summed E-state index contributed by atoms with van der Waals surface area (Å²) in [5.74, 6) is -0.149. The third kappa shape index (κ3) is 6.39. The number of rotatable bonds is 8. The van der Waals surface area contributed by atoms with Crippen molar-refractivity contribution in [2.24, 2.45) is 0 Å². The van der Waals surface area contributed by atoms with Crippen molar-refractivity contribution in [2.75, 3.05) is 26.2 Å². The van der Waals surface area contributed by atoms with Gasteiger partial charge in [-0.15, -0.1) is 0 Å². The van der Waals surface area contributed by atoms with Gasteiger partial charge in [0.15, 0.2) is 0 Å². The van der Waals surface area contributed by atoms with Crippen LogP contribution in [0.3, 0.4) is 0 Å². The van der Waals surface area contributed by atoms with Gasteiger partial charge in [0.25, 0.3) is 11.8 Å². The van der Waals surface area contributed by atoms with Crippen molar-refractivity contribution in [1.82, 2.24) is 16.0 Å². The van der Waals surface area contributed by atoms with Gasteiger partial charge in [-0.3, -0.25) is 9.59 Å². The first-order valence-electron chi connectivity index (χ1n) is 8.47. The maximum Gasteiger partial charge on any atom is 0.251 e. The highest BCUT2D eigenvalue weighted by molar-refractivity contribution is 5.94. The lowest BCUT2D eigenvalue weighted by Crippen LogP contribution is -2.36. The second-order valence-electron chi connectivity index (χ2n) is 5.99. The van der Waals surface area contributed by atoms with E-state index in [0.717, 1.165) is 11.1 Å². The zero-order chi connectivity index (χ0) is 18.1. The summed E-state index contributed by atoms with van der Waals surface area (Å²) in [5, 5.41) is 8.91. The molecule has 0 aliphatic rings. The van der Waals surface area contributed by atoms with Gasteiger partial charge in [-0.2, -0.15) is 0 Å². The number of nitrogens with one attached hydrogen (secondary N) is 3. The summed E-state index contributed by atoms with van der Waals surface area (Å²) in [6, 6.07) is 15.0. The predicted octanol–water partition coefficient (Wildman–Crippen LogP) is 2.05. The van der Waals surface area contributed by atoms with Crippen molar-refractivity contribution in [3.63, 3.8) is 0 Å². The topological polar surface area (TPSA) is 70.2 Å². The van der Waals surface area contributed by atoms with Crippen LogP contribution in [0.2, 0.25) is 0 Å². The highest BCUT2D eigenvalue weighted by atomic mass is 16.2. The average molecular weight is 339 g/mol. The molecular formula is C20H25N3O2. The molecule has 2 aromatic rings. The molecule has 0 aliphatic heterocycles. The molecule has 0 spiro atoms. The summed E-state index contributed by atoms with van der Waals surface area (Å²) in [6.07, 6.45) is 0. The minimum atomic E-state index is -0.0746. The van der Waals surface area contributed by atoms with Gasteiger partial charge in [-0.1, -0.05) is 35.4 Å². The molecule has 2 amide bonds. The molecule has 2 aromatic carbocycles. The Balaban J connectivity index is 1.56. The lowest BCUT2D eigenvalue weighted by atomic mass is 10.1. The van der Waals surface area contributed by atoms with Crippen LogP contribution in [0.1, 0.15) is 31.8 Å². The van der Waals surface area contributed by atoms with Gasteiger partial charge in [-0.25, -0.2) is 0 Å². The van der Waals surface area contributed by atoms with Crippen molar-refractivity contribution >= 4 is 11.8 Å². The molecule has 0 aromatic heterocycles. The van der Waals surface area contributed by atoms with E-state index >= 15 is 0 Å². The zero-order valence-electron chi connectivity index (χ0n) is 14.8. The molecule has 0 bridgehead atoms. The molecule has 0 saturated carbocycles. The highest BCUT2D eigenvalue weighted by Crippen LogP contribution is 2.03. The van der Waals surface area contributed by atoms with Gasteiger partial charge in [0.05, 0.1) is 0 Å². The lowest BCUT2D eigenvalue weighted by Gasteiger charge is -2.08. The fourth-order valence-electron chi connectivity index (χ4n) is 2.27. The standard InChI is InChI=1S/C20H25N3O2/c1-15-3-7-17(8-4-15)19(24)22-13-11-21-12-14-23-20(25)18-9-5-16(2)6-10-18/h3-10,21H,11-14H2,1-2H3,(H,22,24)(H,23,25). The van der Waals surface area contributed by atoms with Crippen LogP contribution in [0.25, 0.3) is 0 Å². The Labute approximate surface area is 148 Å². The summed E-state index contributed by atoms with van der Waals surface area (Å²) in [6.45, 7) is 6.36. The lowest BCUT2D eigenvalue weighted by molar-refractivity contribution is 0.0948. The van der Waals surface area contributed by atoms with Crippen molar-refractivity contribution < 1.29 is 9.59 Å². The molecule has 0 atom stereocenters. The predicted molar refractivity (Wildman–Crippen MR) is 99.9 cm³/mol. The fourth-order valence-corrected chi connectivity index (χ4v) is 2.27. The molecule has 3 N–H and O–H groups in total. The van der Waals surface area contributed by atoms with Crippen molar-refractivity contribution in [1.29, 1.82) is 0 Å². The first-order valence-corrected chi connectivity index (χ1v) is 8.47. The van der Waals surface area contributed by atoms with E-state index in [1.165, 1.54) is 0 Å². The minimum Gasteiger partial charge on any atom is -0.351 e. The summed E-state index contributed by atoms with van der Waals surface area (Å²) in [5.41, 5.74) is 3.59. The van der Waals surface area contributed by atoms with E-state index < -0.39 is 0 Å². The van der Waals surface area contributed by atoms with Gasteiger partial charge < -0.3 is 16.0 Å². The number of hydrogen-bond donors (Lipinski definition) is 3. The van der Waals surface area contributed by atoms with Crippen LogP contribution in [0.4, 0.5) is 0 Å². The van der Waals surface area contributed by atoms with Crippen LogP contribution in [0.5, 0.6) is 0 Å². The Hall–Kier alpha value is -2.66. The molecule has 132 valence electrons. The quantitative estimate of drug-likeness (QED) is 0.645. The third-order valence-electron chi connectivity index (χ3n) is 3.80. The van der Waals surface area contributed by atoms with Crippen LogP contribution in [-0.2, 0) is 0 Å². The van der Waals surface area contributed by atoms with Crippen LogP contribution >= 0.6 is 0 Å². The number of hydrogen-bond acceptors (Lipinski definition) is 3. The van der Waals surface area contributed by atoms with Crippen LogP contribution in [-0.4, -0.2) is 38.0 Å². The van der Waals surface area contributed by atoms with Crippen LogP contribution in [0.15, 0.2) is 48.5 Å². The number of benzene rings is 2. The molecule has 0 saturated heterocycles. The third-order valence-corrected chi connectivity index (χ3v) is 3.80. The summed E-state index contributed by atoms with van der Waals surface area (Å²) in [7, 11) is 0. The second kappa shape index (κ2) is 9.59. The molecule has 5 nitrogen and oxygen atoms in total. The Kier molecular flexibility index (Phi) is 7.16. The average Bonchev–Trinajstić information content (AvgIpc) is 2.61. The number of carbonyl (C=O) groups excluding carboxylic acids is 2. The maximum atomic E-state index is 11.9. The second-order valence-corrected chi connectivity index (χ2v) is 5.99. The van der Waals surface area contributed by atoms with Gasteiger partial charge in [-0.05, 0) is 38.1 Å². The van der Waals surface area contributed by atoms with Gasteiger partial charge in [0, 0.05) is 37.3 Å². The Morgan fingerprint density at radius 1 is 0.640 bits per heavy atom. The SMILES string of the molecule is Cc1ccc(C(=O)NCCNCCNC(=O)c2ccc(C)cc2)cc1. The number of aryl methyl sites for hydroxylation is 2. The van der Waals surface area contributed by atoms with E-state index in [9.17, 15) is 9.59 Å². The molecule has 0 radical (unpaired) electrons. The minimum absolute atomic E-state index is 0.0746. The van der Waals surface area contributed by atoms with E-state index in [2.05, 4.69) is 16.0 Å². The first-order chi connectivity index (χ1) is 12.1. The highest BCUT2D eigenvalue weighted by Gasteiger charge is 2.04. The van der Waals surface area contributed by atoms with E-state index in [1.807, 2.05) is 62.4 Å². The molecule has 25 heavy (non-hydrogen) atoms. The molecule has 2 rings (SSSR count). The Bertz CT molecular complexity index is 632. The fraction of sp³-hybridized carbons (Fsp3) is 0.300. The summed E-state index contributed by atoms with van der Waals surface area (Å²) >= 11 is 0. The Morgan fingerprint density at radius 2 is 1.00 bits per heavy atom. The molecular weight excluding hydrogens is 314 g/mol.